The van der Waals surface area contributed by atoms with Gasteiger partial charge in [-0.15, -0.1) is 11.3 Å². The van der Waals surface area contributed by atoms with E-state index in [-0.39, 0.29) is 0 Å². The van der Waals surface area contributed by atoms with Gasteiger partial charge in [0, 0.05) is 23.4 Å². The molecule has 0 aromatic carbocycles. The van der Waals surface area contributed by atoms with Gasteiger partial charge in [0.25, 0.3) is 0 Å². The molecule has 2 heterocycles. The molecular weight excluding hydrogens is 298 g/mol. The maximum absolute atomic E-state index is 4.36. The predicted octanol–water partition coefficient (Wildman–Crippen LogP) is 3.58. The molecule has 0 saturated heterocycles. The van der Waals surface area contributed by atoms with Gasteiger partial charge in [-0.1, -0.05) is 0 Å². The maximum Gasteiger partial charge on any atom is 0.128 e. The van der Waals surface area contributed by atoms with Gasteiger partial charge >= 0.3 is 0 Å². The van der Waals surface area contributed by atoms with Crippen LogP contribution in [0, 0.1) is 0 Å². The second-order valence-electron chi connectivity index (χ2n) is 3.84. The fourth-order valence-electron chi connectivity index (χ4n) is 1.39. The van der Waals surface area contributed by atoms with Crippen molar-refractivity contribution in [3.05, 3.63) is 39.1 Å². The van der Waals surface area contributed by atoms with Crippen molar-refractivity contribution in [2.75, 3.05) is 24.3 Å². The fraction of sp³-hybridized carbons (Fsp3) is 0.250. The Morgan fingerprint density at radius 2 is 2.18 bits per heavy atom. The minimum atomic E-state index is 0.821. The maximum atomic E-state index is 4.36. The molecule has 90 valence electrons. The number of anilines is 2. The minimum Gasteiger partial charge on any atom is -0.379 e. The molecule has 0 aliphatic heterocycles. The number of hydrogen-bond acceptors (Lipinski definition) is 4. The van der Waals surface area contributed by atoms with E-state index in [1.54, 1.807) is 11.3 Å². The molecule has 3 nitrogen and oxygen atoms in total. The summed E-state index contributed by atoms with van der Waals surface area (Å²) in [5.41, 5.74) is 1.04. The van der Waals surface area contributed by atoms with Crippen molar-refractivity contribution >= 4 is 38.8 Å². The molecular formula is C12H14BrN3S. The lowest BCUT2D eigenvalue weighted by molar-refractivity contribution is 1.06. The highest BCUT2D eigenvalue weighted by Crippen LogP contribution is 2.23. The fourth-order valence-corrected chi connectivity index (χ4v) is 2.82. The Morgan fingerprint density at radius 1 is 1.35 bits per heavy atom. The smallest absolute Gasteiger partial charge is 0.128 e. The number of aromatic nitrogens is 1. The molecule has 2 aromatic heterocycles. The van der Waals surface area contributed by atoms with Crippen molar-refractivity contribution in [3.63, 3.8) is 0 Å². The third kappa shape index (κ3) is 3.20. The molecule has 0 spiro atoms. The van der Waals surface area contributed by atoms with Crippen molar-refractivity contribution in [1.82, 2.24) is 4.98 Å². The third-order valence-corrected chi connectivity index (χ3v) is 4.28. The Bertz CT molecular complexity index is 479. The molecule has 0 radical (unpaired) electrons. The Morgan fingerprint density at radius 3 is 2.71 bits per heavy atom. The Balaban J connectivity index is 1.98. The van der Waals surface area contributed by atoms with Gasteiger partial charge in [-0.05, 0) is 39.5 Å². The second-order valence-corrected chi connectivity index (χ2v) is 5.70. The van der Waals surface area contributed by atoms with Crippen molar-refractivity contribution in [1.29, 1.82) is 0 Å². The first kappa shape index (κ1) is 12.4. The zero-order valence-corrected chi connectivity index (χ0v) is 12.2. The van der Waals surface area contributed by atoms with Crippen LogP contribution in [-0.4, -0.2) is 19.1 Å². The molecule has 0 fully saturated rings. The summed E-state index contributed by atoms with van der Waals surface area (Å²) in [5.74, 6) is 0.966. The lowest BCUT2D eigenvalue weighted by Crippen LogP contribution is -2.10. The molecule has 0 saturated carbocycles. The monoisotopic (exact) mass is 311 g/mol. The third-order valence-electron chi connectivity index (χ3n) is 2.35. The molecule has 2 rings (SSSR count). The minimum absolute atomic E-state index is 0.821. The zero-order valence-electron chi connectivity index (χ0n) is 9.77. The van der Waals surface area contributed by atoms with E-state index < -0.39 is 0 Å². The van der Waals surface area contributed by atoms with Gasteiger partial charge in [0.15, 0.2) is 0 Å². The molecule has 0 bridgehead atoms. The van der Waals surface area contributed by atoms with E-state index in [0.717, 1.165) is 22.5 Å². The lowest BCUT2D eigenvalue weighted by atomic mass is 10.3. The van der Waals surface area contributed by atoms with Crippen LogP contribution in [0.2, 0.25) is 0 Å². The van der Waals surface area contributed by atoms with Crippen LogP contribution in [0.3, 0.4) is 0 Å². The standard InChI is InChI=1S/C12H14BrN3S/c1-16(2)12-4-3-9(7-15-12)14-8-11-10(13)5-6-17-11/h3-7,14H,8H2,1-2H3. The molecule has 0 amide bonds. The van der Waals surface area contributed by atoms with E-state index in [4.69, 9.17) is 0 Å². The van der Waals surface area contributed by atoms with Crippen molar-refractivity contribution in [2.24, 2.45) is 0 Å². The molecule has 0 aliphatic carbocycles. The molecule has 0 unspecified atom stereocenters. The normalized spacial score (nSPS) is 10.3. The van der Waals surface area contributed by atoms with Crippen LogP contribution in [0.4, 0.5) is 11.5 Å². The molecule has 17 heavy (non-hydrogen) atoms. The average Bonchev–Trinajstić information content (AvgIpc) is 2.73. The SMILES string of the molecule is CN(C)c1ccc(NCc2sccc2Br)cn1. The Hall–Kier alpha value is -1.07. The van der Waals surface area contributed by atoms with E-state index in [1.807, 2.05) is 37.3 Å². The Kier molecular flexibility index (Phi) is 4.02. The molecule has 1 N–H and O–H groups in total. The molecule has 2 aromatic rings. The van der Waals surface area contributed by atoms with Gasteiger partial charge in [0.2, 0.25) is 0 Å². The number of thiophene rings is 1. The predicted molar refractivity (Wildman–Crippen MR) is 77.9 cm³/mol. The zero-order chi connectivity index (χ0) is 12.3. The summed E-state index contributed by atoms with van der Waals surface area (Å²) < 4.78 is 1.16. The second kappa shape index (κ2) is 5.51. The highest BCUT2D eigenvalue weighted by Gasteiger charge is 2.01. The van der Waals surface area contributed by atoms with E-state index in [9.17, 15) is 0 Å². The summed E-state index contributed by atoms with van der Waals surface area (Å²) >= 11 is 5.26. The largest absolute Gasteiger partial charge is 0.379 e. The lowest BCUT2D eigenvalue weighted by Gasteiger charge is -2.11. The summed E-state index contributed by atoms with van der Waals surface area (Å²) in [4.78, 5) is 7.63. The first-order chi connectivity index (χ1) is 8.16. The van der Waals surface area contributed by atoms with E-state index in [1.165, 1.54) is 4.88 Å². The van der Waals surface area contributed by atoms with Crippen LogP contribution < -0.4 is 10.2 Å². The summed E-state index contributed by atoms with van der Waals surface area (Å²) in [6, 6.07) is 6.12. The van der Waals surface area contributed by atoms with Crippen LogP contribution in [0.1, 0.15) is 4.88 Å². The number of hydrogen-bond donors (Lipinski definition) is 1. The van der Waals surface area contributed by atoms with Crippen LogP contribution in [0.5, 0.6) is 0 Å². The van der Waals surface area contributed by atoms with Crippen LogP contribution >= 0.6 is 27.3 Å². The van der Waals surface area contributed by atoms with Gasteiger partial charge in [0.1, 0.15) is 5.82 Å². The number of halogens is 1. The van der Waals surface area contributed by atoms with Gasteiger partial charge in [-0.25, -0.2) is 4.98 Å². The van der Waals surface area contributed by atoms with Crippen molar-refractivity contribution < 1.29 is 0 Å². The van der Waals surface area contributed by atoms with Crippen LogP contribution in [0.15, 0.2) is 34.2 Å². The number of pyridine rings is 1. The van der Waals surface area contributed by atoms with Crippen LogP contribution in [0.25, 0.3) is 0 Å². The van der Waals surface area contributed by atoms with Gasteiger partial charge in [-0.2, -0.15) is 0 Å². The first-order valence-corrected chi connectivity index (χ1v) is 6.93. The number of nitrogens with one attached hydrogen (secondary N) is 1. The van der Waals surface area contributed by atoms with E-state index in [2.05, 4.69) is 37.7 Å². The van der Waals surface area contributed by atoms with E-state index >= 15 is 0 Å². The summed E-state index contributed by atoms with van der Waals surface area (Å²) in [6.45, 7) is 0.821. The highest BCUT2D eigenvalue weighted by atomic mass is 79.9. The number of rotatable bonds is 4. The van der Waals surface area contributed by atoms with Gasteiger partial charge in [0.05, 0.1) is 18.4 Å². The highest BCUT2D eigenvalue weighted by molar-refractivity contribution is 9.10. The Labute approximate surface area is 114 Å². The summed E-state index contributed by atoms with van der Waals surface area (Å²) in [5, 5.41) is 5.43. The molecule has 0 atom stereocenters. The topological polar surface area (TPSA) is 28.2 Å². The van der Waals surface area contributed by atoms with Crippen molar-refractivity contribution in [3.8, 4) is 0 Å². The average molecular weight is 312 g/mol. The van der Waals surface area contributed by atoms with Gasteiger partial charge in [-0.3, -0.25) is 0 Å². The van der Waals surface area contributed by atoms with Crippen LogP contribution in [-0.2, 0) is 6.54 Å². The van der Waals surface area contributed by atoms with Crippen molar-refractivity contribution in [2.45, 2.75) is 6.54 Å². The van der Waals surface area contributed by atoms with Gasteiger partial charge < -0.3 is 10.2 Å². The molecule has 0 aliphatic rings. The summed E-state index contributed by atoms with van der Waals surface area (Å²) in [6.07, 6.45) is 1.86. The number of nitrogens with zero attached hydrogens (tertiary/aromatic N) is 2. The first-order valence-electron chi connectivity index (χ1n) is 5.26. The van der Waals surface area contributed by atoms with E-state index in [0.29, 0.717) is 0 Å². The summed E-state index contributed by atoms with van der Waals surface area (Å²) in [7, 11) is 3.97. The molecule has 5 heteroatoms. The quantitative estimate of drug-likeness (QED) is 0.935.